The smallest absolute Gasteiger partial charge is 0.254 e. The average molecular weight is 375 g/mol. The maximum Gasteiger partial charge on any atom is 0.254 e. The van der Waals surface area contributed by atoms with Crippen molar-refractivity contribution in [2.24, 2.45) is 17.8 Å². The van der Waals surface area contributed by atoms with Crippen LogP contribution in [-0.2, 0) is 6.54 Å². The topological polar surface area (TPSA) is 72.8 Å². The number of amides is 1. The molecule has 1 amide bonds. The molecular weight excluding hydrogens is 340 g/mol. The molecule has 5 heteroatoms. The fourth-order valence-electron chi connectivity index (χ4n) is 4.61. The molecule has 0 aromatic heterocycles. The largest absolute Gasteiger partial charge is 0.508 e. The van der Waals surface area contributed by atoms with Gasteiger partial charge in [0.1, 0.15) is 5.75 Å². The van der Waals surface area contributed by atoms with E-state index in [2.05, 4.69) is 26.1 Å². The van der Waals surface area contributed by atoms with E-state index in [1.807, 2.05) is 11.0 Å². The minimum Gasteiger partial charge on any atom is -0.508 e. The summed E-state index contributed by atoms with van der Waals surface area (Å²) in [6, 6.07) is 5.68. The first-order chi connectivity index (χ1) is 12.9. The van der Waals surface area contributed by atoms with Gasteiger partial charge in [0.15, 0.2) is 0 Å². The van der Waals surface area contributed by atoms with Gasteiger partial charge in [-0.3, -0.25) is 4.79 Å². The maximum atomic E-state index is 12.6. The van der Waals surface area contributed by atoms with Crippen molar-refractivity contribution in [2.75, 3.05) is 13.2 Å². The monoisotopic (exact) mass is 374 g/mol. The Morgan fingerprint density at radius 2 is 1.89 bits per heavy atom. The molecule has 3 N–H and O–H groups in total. The molecule has 0 spiro atoms. The van der Waals surface area contributed by atoms with Crippen molar-refractivity contribution < 1.29 is 15.0 Å². The number of aliphatic hydroxyl groups excluding tert-OH is 1. The molecule has 2 atom stereocenters. The number of nitrogens with zero attached hydrogens (tertiary/aromatic N) is 1. The number of hydrogen-bond acceptors (Lipinski definition) is 4. The highest BCUT2D eigenvalue weighted by molar-refractivity contribution is 5.98. The Bertz CT molecular complexity index is 653. The van der Waals surface area contributed by atoms with Gasteiger partial charge >= 0.3 is 0 Å². The van der Waals surface area contributed by atoms with Crippen LogP contribution in [0.5, 0.6) is 5.75 Å². The van der Waals surface area contributed by atoms with Crippen LogP contribution in [0, 0.1) is 17.8 Å². The number of rotatable bonds is 7. The fourth-order valence-corrected chi connectivity index (χ4v) is 4.61. The van der Waals surface area contributed by atoms with E-state index in [-0.39, 0.29) is 24.3 Å². The highest BCUT2D eigenvalue weighted by atomic mass is 16.3. The van der Waals surface area contributed by atoms with Gasteiger partial charge in [-0.25, -0.2) is 0 Å². The van der Waals surface area contributed by atoms with Crippen LogP contribution < -0.4 is 5.32 Å². The van der Waals surface area contributed by atoms with Gasteiger partial charge in [0.25, 0.3) is 5.91 Å². The average Bonchev–Trinajstić information content (AvgIpc) is 2.95. The van der Waals surface area contributed by atoms with Crippen molar-refractivity contribution in [3.05, 3.63) is 29.3 Å². The molecule has 1 heterocycles. The van der Waals surface area contributed by atoms with Crippen LogP contribution in [0.15, 0.2) is 18.2 Å². The van der Waals surface area contributed by atoms with Gasteiger partial charge in [0.05, 0.1) is 6.61 Å². The lowest BCUT2D eigenvalue weighted by molar-refractivity contribution is 0.0722. The number of carbonyl (C=O) groups is 1. The van der Waals surface area contributed by atoms with Crippen LogP contribution in [0.4, 0.5) is 0 Å². The highest BCUT2D eigenvalue weighted by Crippen LogP contribution is 2.34. The first-order valence-electron chi connectivity index (χ1n) is 10.4. The third-order valence-corrected chi connectivity index (χ3v) is 6.53. The molecule has 3 rings (SSSR count). The van der Waals surface area contributed by atoms with Crippen LogP contribution in [0.25, 0.3) is 0 Å². The lowest BCUT2D eigenvalue weighted by atomic mass is 9.78. The third kappa shape index (κ3) is 4.64. The Morgan fingerprint density at radius 1 is 1.19 bits per heavy atom. The number of fused-ring (bicyclic) bond motifs is 1. The summed E-state index contributed by atoms with van der Waals surface area (Å²) in [5.41, 5.74) is 1.68. The Hall–Kier alpha value is -1.59. The summed E-state index contributed by atoms with van der Waals surface area (Å²) >= 11 is 0. The van der Waals surface area contributed by atoms with Gasteiger partial charge in [-0.05, 0) is 68.1 Å². The number of carbonyl (C=O) groups excluding carboxylic acids is 1. The van der Waals surface area contributed by atoms with Crippen molar-refractivity contribution in [1.82, 2.24) is 10.2 Å². The summed E-state index contributed by atoms with van der Waals surface area (Å²) in [4.78, 5) is 14.5. The van der Waals surface area contributed by atoms with Crippen LogP contribution in [0.2, 0.25) is 0 Å². The SMILES string of the molecule is CC(N[C@H](CO)C(C)C)C1CCC(CN2Cc3ccc(O)cc3C2=O)CC1. The van der Waals surface area contributed by atoms with Crippen molar-refractivity contribution in [3.8, 4) is 5.75 Å². The summed E-state index contributed by atoms with van der Waals surface area (Å²) in [7, 11) is 0. The van der Waals surface area contributed by atoms with Crippen LogP contribution in [-0.4, -0.2) is 46.3 Å². The van der Waals surface area contributed by atoms with Gasteiger partial charge in [-0.15, -0.1) is 0 Å². The molecule has 1 aromatic carbocycles. The summed E-state index contributed by atoms with van der Waals surface area (Å²) in [5, 5.41) is 22.8. The Balaban J connectivity index is 1.48. The second-order valence-corrected chi connectivity index (χ2v) is 8.80. The Morgan fingerprint density at radius 3 is 2.52 bits per heavy atom. The van der Waals surface area contributed by atoms with Crippen molar-refractivity contribution in [2.45, 2.75) is 65.1 Å². The zero-order valence-electron chi connectivity index (χ0n) is 16.8. The highest BCUT2D eigenvalue weighted by Gasteiger charge is 2.32. The number of benzene rings is 1. The number of phenols is 1. The minimum atomic E-state index is 0.0563. The van der Waals surface area contributed by atoms with Gasteiger partial charge in [0, 0.05) is 30.7 Å². The summed E-state index contributed by atoms with van der Waals surface area (Å²) < 4.78 is 0. The molecule has 1 saturated carbocycles. The third-order valence-electron chi connectivity index (χ3n) is 6.53. The quantitative estimate of drug-likeness (QED) is 0.685. The molecule has 0 bridgehead atoms. The standard InChI is InChI=1S/C22H34N2O3/c1-14(2)21(13-25)23-15(3)17-6-4-16(5-7-17)11-24-12-18-8-9-19(26)10-20(18)22(24)27/h8-10,14-17,21,23,25-26H,4-7,11-13H2,1-3H3/t15?,16?,17?,21-/m1/s1. The number of hydrogen-bond donors (Lipinski definition) is 3. The van der Waals surface area contributed by atoms with Crippen molar-refractivity contribution in [3.63, 3.8) is 0 Å². The molecule has 150 valence electrons. The van der Waals surface area contributed by atoms with Gasteiger partial charge in [-0.2, -0.15) is 0 Å². The predicted octanol–water partition coefficient (Wildman–Crippen LogP) is 3.15. The van der Waals surface area contributed by atoms with Crippen LogP contribution in [0.3, 0.4) is 0 Å². The van der Waals surface area contributed by atoms with E-state index in [0.717, 1.165) is 24.9 Å². The Labute approximate surface area is 162 Å². The summed E-state index contributed by atoms with van der Waals surface area (Å²) in [6.45, 7) is 8.19. The van der Waals surface area contributed by atoms with E-state index in [1.165, 1.54) is 12.8 Å². The summed E-state index contributed by atoms with van der Waals surface area (Å²) in [6.07, 6.45) is 4.64. The molecule has 5 nitrogen and oxygen atoms in total. The van der Waals surface area contributed by atoms with Crippen molar-refractivity contribution in [1.29, 1.82) is 0 Å². The molecule has 1 aliphatic carbocycles. The molecule has 1 fully saturated rings. The van der Waals surface area contributed by atoms with E-state index in [4.69, 9.17) is 0 Å². The van der Waals surface area contributed by atoms with Gasteiger partial charge in [-0.1, -0.05) is 19.9 Å². The Kier molecular flexibility index (Phi) is 6.43. The molecule has 1 aromatic rings. The number of phenolic OH excluding ortho intramolecular Hbond substituents is 1. The molecule has 0 saturated heterocycles. The van der Waals surface area contributed by atoms with Crippen molar-refractivity contribution >= 4 is 5.91 Å². The molecule has 1 unspecified atom stereocenters. The number of aromatic hydroxyl groups is 1. The number of aliphatic hydroxyl groups is 1. The van der Waals surface area contributed by atoms with E-state index < -0.39 is 0 Å². The summed E-state index contributed by atoms with van der Waals surface area (Å²) in [5.74, 6) is 1.84. The molecule has 0 radical (unpaired) electrons. The number of nitrogens with one attached hydrogen (secondary N) is 1. The molecule has 27 heavy (non-hydrogen) atoms. The van der Waals surface area contributed by atoms with E-state index >= 15 is 0 Å². The first-order valence-corrected chi connectivity index (χ1v) is 10.4. The zero-order chi connectivity index (χ0) is 19.6. The molecular formula is C22H34N2O3. The normalized spacial score (nSPS) is 24.9. The molecule has 2 aliphatic rings. The van der Waals surface area contributed by atoms with E-state index in [9.17, 15) is 15.0 Å². The van der Waals surface area contributed by atoms with E-state index in [1.54, 1.807) is 12.1 Å². The first kappa shape index (κ1) is 20.2. The maximum absolute atomic E-state index is 12.6. The van der Waals surface area contributed by atoms with Crippen LogP contribution >= 0.6 is 0 Å². The van der Waals surface area contributed by atoms with Crippen LogP contribution in [0.1, 0.15) is 62.4 Å². The van der Waals surface area contributed by atoms with Gasteiger partial charge < -0.3 is 20.4 Å². The second-order valence-electron chi connectivity index (χ2n) is 8.80. The minimum absolute atomic E-state index is 0.0563. The van der Waals surface area contributed by atoms with E-state index in [0.29, 0.717) is 35.9 Å². The lowest BCUT2D eigenvalue weighted by Gasteiger charge is -2.36. The molecule has 1 aliphatic heterocycles. The predicted molar refractivity (Wildman–Crippen MR) is 107 cm³/mol. The van der Waals surface area contributed by atoms with Gasteiger partial charge in [0.2, 0.25) is 0 Å². The lowest BCUT2D eigenvalue weighted by Crippen LogP contribution is -2.46. The second kappa shape index (κ2) is 8.61. The fraction of sp³-hybridized carbons (Fsp3) is 0.682. The zero-order valence-corrected chi connectivity index (χ0v) is 16.8.